The molecule has 1 amide bonds. The van der Waals surface area contributed by atoms with E-state index in [9.17, 15) is 4.79 Å². The minimum atomic E-state index is 0.00960. The van der Waals surface area contributed by atoms with Crippen molar-refractivity contribution in [3.05, 3.63) is 58.1 Å². The second kappa shape index (κ2) is 7.27. The largest absolute Gasteiger partial charge is 0.497 e. The van der Waals surface area contributed by atoms with Crippen LogP contribution in [0, 0.1) is 6.92 Å². The lowest BCUT2D eigenvalue weighted by molar-refractivity contribution is -0.116. The van der Waals surface area contributed by atoms with Crippen LogP contribution in [0.1, 0.15) is 17.5 Å². The first-order valence-corrected chi connectivity index (χ1v) is 7.56. The summed E-state index contributed by atoms with van der Waals surface area (Å²) in [5.74, 6) is 0.835. The highest BCUT2D eigenvalue weighted by Crippen LogP contribution is 2.23. The van der Waals surface area contributed by atoms with E-state index in [2.05, 4.69) is 21.2 Å². The summed E-state index contributed by atoms with van der Waals surface area (Å²) in [5, 5.41) is 2.92. The van der Waals surface area contributed by atoms with Crippen molar-refractivity contribution in [2.24, 2.45) is 0 Å². The van der Waals surface area contributed by atoms with Crippen molar-refractivity contribution in [1.82, 2.24) is 0 Å². The summed E-state index contributed by atoms with van der Waals surface area (Å²) in [6.07, 6.45) is 1.16. The number of aryl methyl sites for hydroxylation is 2. The topological polar surface area (TPSA) is 38.3 Å². The minimum Gasteiger partial charge on any atom is -0.497 e. The highest BCUT2D eigenvalue weighted by molar-refractivity contribution is 9.10. The maximum Gasteiger partial charge on any atom is 0.224 e. The molecular formula is C17H18BrNO2. The Morgan fingerprint density at radius 3 is 2.52 bits per heavy atom. The van der Waals surface area contributed by atoms with E-state index in [0.29, 0.717) is 12.8 Å². The predicted octanol–water partition coefficient (Wildman–Crippen LogP) is 4.34. The van der Waals surface area contributed by atoms with Crippen molar-refractivity contribution in [1.29, 1.82) is 0 Å². The Labute approximate surface area is 133 Å². The van der Waals surface area contributed by atoms with Crippen molar-refractivity contribution in [3.63, 3.8) is 0 Å². The summed E-state index contributed by atoms with van der Waals surface area (Å²) in [6, 6.07) is 13.6. The van der Waals surface area contributed by atoms with E-state index in [1.165, 1.54) is 0 Å². The van der Waals surface area contributed by atoms with Crippen LogP contribution < -0.4 is 10.1 Å². The molecule has 0 saturated heterocycles. The van der Waals surface area contributed by atoms with Crippen LogP contribution in [0.2, 0.25) is 0 Å². The molecule has 2 rings (SSSR count). The Kier molecular flexibility index (Phi) is 5.39. The van der Waals surface area contributed by atoms with Crippen LogP contribution in [-0.2, 0) is 11.2 Å². The van der Waals surface area contributed by atoms with Gasteiger partial charge in [0.2, 0.25) is 5.91 Å². The van der Waals surface area contributed by atoms with Gasteiger partial charge in [-0.3, -0.25) is 4.79 Å². The predicted molar refractivity (Wildman–Crippen MR) is 88.8 cm³/mol. The maximum atomic E-state index is 12.0. The molecule has 0 aliphatic carbocycles. The summed E-state index contributed by atoms with van der Waals surface area (Å²) in [7, 11) is 1.64. The van der Waals surface area contributed by atoms with Crippen LogP contribution in [0.15, 0.2) is 46.9 Å². The fraction of sp³-hybridized carbons (Fsp3) is 0.235. The Balaban J connectivity index is 1.89. The number of nitrogens with one attached hydrogen (secondary N) is 1. The molecule has 2 aromatic carbocycles. The zero-order valence-electron chi connectivity index (χ0n) is 12.2. The van der Waals surface area contributed by atoms with E-state index >= 15 is 0 Å². The van der Waals surface area contributed by atoms with Crippen molar-refractivity contribution >= 4 is 27.5 Å². The fourth-order valence-corrected chi connectivity index (χ4v) is 2.58. The number of rotatable bonds is 5. The molecule has 0 atom stereocenters. The average molecular weight is 348 g/mol. The Morgan fingerprint density at radius 2 is 1.90 bits per heavy atom. The number of hydrogen-bond acceptors (Lipinski definition) is 2. The van der Waals surface area contributed by atoms with Gasteiger partial charge in [-0.05, 0) is 64.7 Å². The smallest absolute Gasteiger partial charge is 0.224 e. The van der Waals surface area contributed by atoms with E-state index in [4.69, 9.17) is 4.74 Å². The third-order valence-electron chi connectivity index (χ3n) is 3.20. The number of hydrogen-bond donors (Lipinski definition) is 1. The monoisotopic (exact) mass is 347 g/mol. The zero-order chi connectivity index (χ0) is 15.2. The molecule has 0 aliphatic heterocycles. The molecule has 0 aromatic heterocycles. The molecule has 3 nitrogen and oxygen atoms in total. The van der Waals surface area contributed by atoms with Gasteiger partial charge in [0, 0.05) is 10.9 Å². The van der Waals surface area contributed by atoms with E-state index < -0.39 is 0 Å². The standard InChI is InChI=1S/C17H18BrNO2/c1-12-3-9-16(15(18)11-12)19-17(20)10-6-13-4-7-14(21-2)8-5-13/h3-5,7-9,11H,6,10H2,1-2H3,(H,19,20). The highest BCUT2D eigenvalue weighted by Gasteiger charge is 2.06. The van der Waals surface area contributed by atoms with Crippen LogP contribution in [0.5, 0.6) is 5.75 Å². The molecule has 0 spiro atoms. The molecule has 0 bridgehead atoms. The third kappa shape index (κ3) is 4.60. The quantitative estimate of drug-likeness (QED) is 0.873. The molecule has 0 aliphatic rings. The van der Waals surface area contributed by atoms with Crippen LogP contribution in [0.4, 0.5) is 5.69 Å². The normalized spacial score (nSPS) is 10.2. The third-order valence-corrected chi connectivity index (χ3v) is 3.85. The lowest BCUT2D eigenvalue weighted by atomic mass is 10.1. The first kappa shape index (κ1) is 15.6. The summed E-state index contributed by atoms with van der Waals surface area (Å²) in [4.78, 5) is 12.0. The van der Waals surface area contributed by atoms with Crippen molar-refractivity contribution in [2.45, 2.75) is 19.8 Å². The van der Waals surface area contributed by atoms with Gasteiger partial charge >= 0.3 is 0 Å². The molecule has 21 heavy (non-hydrogen) atoms. The molecule has 0 radical (unpaired) electrons. The van der Waals surface area contributed by atoms with Crippen LogP contribution in [0.3, 0.4) is 0 Å². The van der Waals surface area contributed by atoms with E-state index in [-0.39, 0.29) is 5.91 Å². The van der Waals surface area contributed by atoms with E-state index in [1.54, 1.807) is 7.11 Å². The lowest BCUT2D eigenvalue weighted by Crippen LogP contribution is -2.12. The van der Waals surface area contributed by atoms with Crippen LogP contribution in [-0.4, -0.2) is 13.0 Å². The van der Waals surface area contributed by atoms with Crippen molar-refractivity contribution in [2.75, 3.05) is 12.4 Å². The molecule has 1 N–H and O–H groups in total. The Bertz CT molecular complexity index is 623. The first-order valence-electron chi connectivity index (χ1n) is 6.77. The van der Waals surface area contributed by atoms with Gasteiger partial charge in [0.15, 0.2) is 0 Å². The highest BCUT2D eigenvalue weighted by atomic mass is 79.9. The summed E-state index contributed by atoms with van der Waals surface area (Å²) in [5.41, 5.74) is 3.08. The zero-order valence-corrected chi connectivity index (χ0v) is 13.7. The van der Waals surface area contributed by atoms with Gasteiger partial charge < -0.3 is 10.1 Å². The fourth-order valence-electron chi connectivity index (χ4n) is 1.98. The average Bonchev–Trinajstić information content (AvgIpc) is 2.48. The number of halogens is 1. The summed E-state index contributed by atoms with van der Waals surface area (Å²) in [6.45, 7) is 2.01. The molecule has 0 saturated carbocycles. The maximum absolute atomic E-state index is 12.0. The molecule has 2 aromatic rings. The van der Waals surface area contributed by atoms with Gasteiger partial charge in [-0.25, -0.2) is 0 Å². The molecule has 0 heterocycles. The van der Waals surface area contributed by atoms with Crippen LogP contribution >= 0.6 is 15.9 Å². The number of methoxy groups -OCH3 is 1. The SMILES string of the molecule is COc1ccc(CCC(=O)Nc2ccc(C)cc2Br)cc1. The lowest BCUT2D eigenvalue weighted by Gasteiger charge is -2.08. The molecule has 0 fully saturated rings. The molecular weight excluding hydrogens is 330 g/mol. The number of ether oxygens (including phenoxy) is 1. The van der Waals surface area contributed by atoms with Gasteiger partial charge in [0.1, 0.15) is 5.75 Å². The van der Waals surface area contributed by atoms with Crippen molar-refractivity contribution in [3.8, 4) is 5.75 Å². The Morgan fingerprint density at radius 1 is 1.19 bits per heavy atom. The van der Waals surface area contributed by atoms with Gasteiger partial charge in [-0.1, -0.05) is 18.2 Å². The summed E-state index contributed by atoms with van der Waals surface area (Å²) >= 11 is 3.46. The van der Waals surface area contributed by atoms with Crippen molar-refractivity contribution < 1.29 is 9.53 Å². The van der Waals surface area contributed by atoms with Gasteiger partial charge in [0.05, 0.1) is 12.8 Å². The molecule has 0 unspecified atom stereocenters. The van der Waals surface area contributed by atoms with Crippen LogP contribution in [0.25, 0.3) is 0 Å². The van der Waals surface area contributed by atoms with Gasteiger partial charge in [0.25, 0.3) is 0 Å². The van der Waals surface area contributed by atoms with Gasteiger partial charge in [-0.15, -0.1) is 0 Å². The second-order valence-electron chi connectivity index (χ2n) is 4.88. The van der Waals surface area contributed by atoms with E-state index in [0.717, 1.165) is 27.0 Å². The van der Waals surface area contributed by atoms with Gasteiger partial charge in [-0.2, -0.15) is 0 Å². The Hall–Kier alpha value is -1.81. The number of carbonyl (C=O) groups excluding carboxylic acids is 1. The summed E-state index contributed by atoms with van der Waals surface area (Å²) < 4.78 is 6.02. The minimum absolute atomic E-state index is 0.00960. The van der Waals surface area contributed by atoms with E-state index in [1.807, 2.05) is 49.4 Å². The number of benzene rings is 2. The number of amides is 1. The first-order chi connectivity index (χ1) is 10.1. The second-order valence-corrected chi connectivity index (χ2v) is 5.73. The number of anilines is 1. The molecule has 110 valence electrons. The molecule has 4 heteroatoms. The number of carbonyl (C=O) groups is 1.